The van der Waals surface area contributed by atoms with Crippen molar-refractivity contribution < 1.29 is 9.90 Å². The first-order valence-electron chi connectivity index (χ1n) is 7.64. The van der Waals surface area contributed by atoms with Crippen LogP contribution in [0.15, 0.2) is 29.6 Å². The molecule has 1 aromatic heterocycles. The predicted molar refractivity (Wildman–Crippen MR) is 94.7 cm³/mol. The van der Waals surface area contributed by atoms with Gasteiger partial charge in [0.05, 0.1) is 24.8 Å². The van der Waals surface area contributed by atoms with E-state index >= 15 is 0 Å². The van der Waals surface area contributed by atoms with Crippen molar-refractivity contribution in [3.05, 3.63) is 40.4 Å². The van der Waals surface area contributed by atoms with Crippen LogP contribution in [0.1, 0.15) is 26.0 Å². The van der Waals surface area contributed by atoms with Crippen molar-refractivity contribution >= 4 is 28.8 Å². The Kier molecular flexibility index (Phi) is 6.57. The van der Waals surface area contributed by atoms with Crippen LogP contribution in [0.3, 0.4) is 0 Å². The number of carbonyl (C=O) groups is 1. The molecule has 0 saturated carbocycles. The smallest absolute Gasteiger partial charge is 0.226 e. The molecule has 1 amide bonds. The number of halogens is 1. The molecule has 0 bridgehead atoms. The van der Waals surface area contributed by atoms with Gasteiger partial charge in [0.1, 0.15) is 5.01 Å². The Morgan fingerprint density at radius 1 is 1.39 bits per heavy atom. The third-order valence-electron chi connectivity index (χ3n) is 3.86. The lowest BCUT2D eigenvalue weighted by Crippen LogP contribution is -2.42. The first kappa shape index (κ1) is 17.9. The van der Waals surface area contributed by atoms with Crippen LogP contribution in [-0.4, -0.2) is 28.6 Å². The minimum absolute atomic E-state index is 0.0478. The number of nitrogens with zero attached hydrogens (tertiary/aromatic N) is 1. The molecule has 2 atom stereocenters. The first-order chi connectivity index (χ1) is 11.0. The molecule has 1 heterocycles. The normalized spacial score (nSPS) is 13.6. The standard InChI is InChI=1S/C17H21ClN2O2S/c1-3-11(2)15(9-21)20-16(22)8-14-10-23-17(19-14)12-4-6-13(18)7-5-12/h4-7,10-11,15,21H,3,8-9H2,1-2H3,(H,20,22)/t11-,15-/m0/s1. The van der Waals surface area contributed by atoms with Crippen LogP contribution < -0.4 is 5.32 Å². The maximum Gasteiger partial charge on any atom is 0.226 e. The van der Waals surface area contributed by atoms with Gasteiger partial charge in [-0.15, -0.1) is 11.3 Å². The van der Waals surface area contributed by atoms with E-state index in [1.165, 1.54) is 11.3 Å². The molecule has 4 nitrogen and oxygen atoms in total. The predicted octanol–water partition coefficient (Wildman–Crippen LogP) is 3.53. The van der Waals surface area contributed by atoms with Crippen LogP contribution in [0.5, 0.6) is 0 Å². The molecule has 2 N–H and O–H groups in total. The highest BCUT2D eigenvalue weighted by atomic mass is 35.5. The summed E-state index contributed by atoms with van der Waals surface area (Å²) < 4.78 is 0. The van der Waals surface area contributed by atoms with Crippen LogP contribution in [0.2, 0.25) is 5.02 Å². The summed E-state index contributed by atoms with van der Waals surface area (Å²) in [5, 5.41) is 15.7. The largest absolute Gasteiger partial charge is 0.394 e. The Labute approximate surface area is 145 Å². The van der Waals surface area contributed by atoms with E-state index in [0.29, 0.717) is 5.02 Å². The summed E-state index contributed by atoms with van der Waals surface area (Å²) in [6, 6.07) is 7.26. The summed E-state index contributed by atoms with van der Waals surface area (Å²) in [6.45, 7) is 4.01. The number of aliphatic hydroxyl groups is 1. The summed E-state index contributed by atoms with van der Waals surface area (Å²) in [6.07, 6.45) is 1.12. The fraction of sp³-hybridized carbons (Fsp3) is 0.412. The molecule has 0 aliphatic heterocycles. The number of thiazole rings is 1. The van der Waals surface area contributed by atoms with Crippen LogP contribution in [-0.2, 0) is 11.2 Å². The number of rotatable bonds is 7. The second-order valence-electron chi connectivity index (χ2n) is 5.57. The average molecular weight is 353 g/mol. The number of carbonyl (C=O) groups excluding carboxylic acids is 1. The van der Waals surface area contributed by atoms with E-state index in [0.717, 1.165) is 22.7 Å². The number of aliphatic hydroxyl groups excluding tert-OH is 1. The minimum atomic E-state index is -0.207. The first-order valence-corrected chi connectivity index (χ1v) is 8.89. The maximum absolute atomic E-state index is 12.1. The number of nitrogens with one attached hydrogen (secondary N) is 1. The average Bonchev–Trinajstić information content (AvgIpc) is 3.00. The number of benzene rings is 1. The second-order valence-corrected chi connectivity index (χ2v) is 6.86. The lowest BCUT2D eigenvalue weighted by molar-refractivity contribution is -0.121. The van der Waals surface area contributed by atoms with Crippen LogP contribution in [0, 0.1) is 5.92 Å². The van der Waals surface area contributed by atoms with Crippen molar-refractivity contribution in [1.82, 2.24) is 10.3 Å². The van der Waals surface area contributed by atoms with Gasteiger partial charge in [-0.05, 0) is 18.1 Å². The summed E-state index contributed by atoms with van der Waals surface area (Å²) in [5.74, 6) is 0.126. The highest BCUT2D eigenvalue weighted by Crippen LogP contribution is 2.25. The van der Waals surface area contributed by atoms with Gasteiger partial charge in [0, 0.05) is 16.0 Å². The van der Waals surface area contributed by atoms with Crippen molar-refractivity contribution in [3.63, 3.8) is 0 Å². The van der Waals surface area contributed by atoms with Gasteiger partial charge >= 0.3 is 0 Å². The molecule has 0 saturated heterocycles. The fourth-order valence-corrected chi connectivity index (χ4v) is 3.14. The van der Waals surface area contributed by atoms with Gasteiger partial charge in [-0.1, -0.05) is 44.0 Å². The van der Waals surface area contributed by atoms with Crippen molar-refractivity contribution in [2.75, 3.05) is 6.61 Å². The lowest BCUT2D eigenvalue weighted by atomic mass is 10.00. The zero-order valence-corrected chi connectivity index (χ0v) is 14.8. The van der Waals surface area contributed by atoms with E-state index in [4.69, 9.17) is 11.6 Å². The molecule has 0 spiro atoms. The molecule has 124 valence electrons. The van der Waals surface area contributed by atoms with E-state index in [1.807, 2.05) is 43.5 Å². The molecule has 6 heteroatoms. The van der Waals surface area contributed by atoms with Gasteiger partial charge in [0.2, 0.25) is 5.91 Å². The van der Waals surface area contributed by atoms with E-state index in [1.54, 1.807) is 0 Å². The van der Waals surface area contributed by atoms with Gasteiger partial charge in [0.25, 0.3) is 0 Å². The highest BCUT2D eigenvalue weighted by molar-refractivity contribution is 7.13. The van der Waals surface area contributed by atoms with Gasteiger partial charge in [0.15, 0.2) is 0 Å². The zero-order chi connectivity index (χ0) is 16.8. The van der Waals surface area contributed by atoms with Gasteiger partial charge < -0.3 is 10.4 Å². The third kappa shape index (κ3) is 5.03. The molecule has 0 aliphatic carbocycles. The molecule has 2 rings (SSSR count). The molecule has 0 fully saturated rings. The SMILES string of the molecule is CC[C@H](C)[C@H](CO)NC(=O)Cc1csc(-c2ccc(Cl)cc2)n1. The molecular weight excluding hydrogens is 332 g/mol. The second kappa shape index (κ2) is 8.43. The van der Waals surface area contributed by atoms with Crippen LogP contribution >= 0.6 is 22.9 Å². The van der Waals surface area contributed by atoms with Gasteiger partial charge in [-0.3, -0.25) is 4.79 Å². The Bertz CT molecular complexity index is 642. The number of amides is 1. The van der Waals surface area contributed by atoms with E-state index in [2.05, 4.69) is 10.3 Å². The molecule has 1 aromatic carbocycles. The Morgan fingerprint density at radius 2 is 2.09 bits per heavy atom. The lowest BCUT2D eigenvalue weighted by Gasteiger charge is -2.21. The molecule has 2 aromatic rings. The minimum Gasteiger partial charge on any atom is -0.394 e. The van der Waals surface area contributed by atoms with Crippen LogP contribution in [0.25, 0.3) is 10.6 Å². The van der Waals surface area contributed by atoms with E-state index in [-0.39, 0.29) is 30.9 Å². The van der Waals surface area contributed by atoms with E-state index < -0.39 is 0 Å². The Morgan fingerprint density at radius 3 is 2.70 bits per heavy atom. The van der Waals surface area contributed by atoms with E-state index in [9.17, 15) is 9.90 Å². The zero-order valence-electron chi connectivity index (χ0n) is 13.3. The van der Waals surface area contributed by atoms with Crippen molar-refractivity contribution in [3.8, 4) is 10.6 Å². The summed E-state index contributed by atoms with van der Waals surface area (Å²) >= 11 is 7.38. The number of aromatic nitrogens is 1. The van der Waals surface area contributed by atoms with Gasteiger partial charge in [-0.2, -0.15) is 0 Å². The Balaban J connectivity index is 1.98. The number of hydrogen-bond acceptors (Lipinski definition) is 4. The molecule has 0 aliphatic rings. The van der Waals surface area contributed by atoms with Gasteiger partial charge in [-0.25, -0.2) is 4.98 Å². The highest BCUT2D eigenvalue weighted by Gasteiger charge is 2.18. The summed E-state index contributed by atoms with van der Waals surface area (Å²) in [4.78, 5) is 16.6. The monoisotopic (exact) mass is 352 g/mol. The van der Waals surface area contributed by atoms with Crippen molar-refractivity contribution in [2.24, 2.45) is 5.92 Å². The molecular formula is C17H21ClN2O2S. The molecule has 0 radical (unpaired) electrons. The maximum atomic E-state index is 12.1. The molecule has 0 unspecified atom stereocenters. The summed E-state index contributed by atoms with van der Waals surface area (Å²) in [7, 11) is 0. The van der Waals surface area contributed by atoms with Crippen molar-refractivity contribution in [2.45, 2.75) is 32.7 Å². The topological polar surface area (TPSA) is 62.2 Å². The summed E-state index contributed by atoms with van der Waals surface area (Å²) in [5.41, 5.74) is 1.72. The number of hydrogen-bond donors (Lipinski definition) is 2. The third-order valence-corrected chi connectivity index (χ3v) is 5.05. The molecule has 23 heavy (non-hydrogen) atoms. The quantitative estimate of drug-likeness (QED) is 0.801. The van der Waals surface area contributed by atoms with Crippen LogP contribution in [0.4, 0.5) is 0 Å². The van der Waals surface area contributed by atoms with Crippen molar-refractivity contribution in [1.29, 1.82) is 0 Å². The Hall–Kier alpha value is -1.43. The fourth-order valence-electron chi connectivity index (χ4n) is 2.19.